The van der Waals surface area contributed by atoms with Crippen molar-refractivity contribution in [3.63, 3.8) is 0 Å². The van der Waals surface area contributed by atoms with Crippen LogP contribution in [-0.2, 0) is 16.6 Å². The second-order valence-electron chi connectivity index (χ2n) is 5.87. The van der Waals surface area contributed by atoms with Gasteiger partial charge in [0.25, 0.3) is 0 Å². The number of rotatable bonds is 3. The minimum atomic E-state index is -3.20. The first kappa shape index (κ1) is 17.7. The zero-order chi connectivity index (χ0) is 17.0. The molecule has 1 aliphatic heterocycles. The Morgan fingerprint density at radius 3 is 2.61 bits per heavy atom. The first-order valence-corrected chi connectivity index (χ1v) is 9.53. The van der Waals surface area contributed by atoms with Crippen molar-refractivity contribution >= 4 is 16.1 Å². The predicted molar refractivity (Wildman–Crippen MR) is 88.6 cm³/mol. The number of aryl methyl sites for hydroxylation is 2. The van der Waals surface area contributed by atoms with E-state index in [0.29, 0.717) is 39.1 Å². The molecule has 2 rings (SSSR count). The van der Waals surface area contributed by atoms with Gasteiger partial charge in [0.2, 0.25) is 10.0 Å². The molecule has 0 aromatic carbocycles. The van der Waals surface area contributed by atoms with E-state index < -0.39 is 10.0 Å². The number of hydrogen-bond acceptors (Lipinski definition) is 4. The van der Waals surface area contributed by atoms with Crippen LogP contribution in [0.25, 0.3) is 0 Å². The number of aromatic nitrogens is 1. The highest BCUT2D eigenvalue weighted by atomic mass is 32.2. The first-order chi connectivity index (χ1) is 10.8. The molecule has 0 aliphatic carbocycles. The van der Waals surface area contributed by atoms with Gasteiger partial charge in [0.1, 0.15) is 0 Å². The van der Waals surface area contributed by atoms with Gasteiger partial charge in [0, 0.05) is 31.9 Å². The van der Waals surface area contributed by atoms with E-state index in [-0.39, 0.29) is 6.03 Å². The van der Waals surface area contributed by atoms with E-state index in [2.05, 4.69) is 10.3 Å². The van der Waals surface area contributed by atoms with Crippen molar-refractivity contribution in [1.82, 2.24) is 19.5 Å². The quantitative estimate of drug-likeness (QED) is 0.885. The summed E-state index contributed by atoms with van der Waals surface area (Å²) in [5.41, 5.74) is 2.89. The van der Waals surface area contributed by atoms with Gasteiger partial charge in [-0.05, 0) is 31.9 Å². The third-order valence-corrected chi connectivity index (χ3v) is 5.34. The molecule has 1 N–H and O–H groups in total. The third kappa shape index (κ3) is 4.90. The fourth-order valence-corrected chi connectivity index (χ4v) is 3.36. The fraction of sp³-hybridized carbons (Fsp3) is 0.600. The Balaban J connectivity index is 1.89. The summed E-state index contributed by atoms with van der Waals surface area (Å²) in [4.78, 5) is 18.3. The molecule has 1 aromatic heterocycles. The smallest absolute Gasteiger partial charge is 0.317 e. The molecule has 8 heteroatoms. The van der Waals surface area contributed by atoms with E-state index in [1.165, 1.54) is 10.6 Å². The minimum Gasteiger partial charge on any atom is -0.332 e. The molecule has 1 saturated heterocycles. The van der Waals surface area contributed by atoms with E-state index in [1.807, 2.05) is 26.0 Å². The standard InChI is InChI=1S/C15H24N4O3S/c1-12-5-6-14(17-13(12)2)11-16-15(20)18-7-4-8-19(10-9-18)23(3,21)22/h5-6H,4,7-11H2,1-3H3,(H,16,20). The number of nitrogens with one attached hydrogen (secondary N) is 1. The minimum absolute atomic E-state index is 0.180. The van der Waals surface area contributed by atoms with Gasteiger partial charge in [-0.3, -0.25) is 4.98 Å². The first-order valence-electron chi connectivity index (χ1n) is 7.68. The SMILES string of the molecule is Cc1ccc(CNC(=O)N2CCCN(S(C)(=O)=O)CC2)nc1C. The highest BCUT2D eigenvalue weighted by Crippen LogP contribution is 2.08. The third-order valence-electron chi connectivity index (χ3n) is 4.04. The maximum absolute atomic E-state index is 12.3. The summed E-state index contributed by atoms with van der Waals surface area (Å²) in [6.45, 7) is 6.06. The lowest BCUT2D eigenvalue weighted by Crippen LogP contribution is -2.42. The summed E-state index contributed by atoms with van der Waals surface area (Å²) in [7, 11) is -3.20. The van der Waals surface area contributed by atoms with Crippen molar-refractivity contribution in [1.29, 1.82) is 0 Å². The zero-order valence-electron chi connectivity index (χ0n) is 13.9. The van der Waals surface area contributed by atoms with Gasteiger partial charge >= 0.3 is 6.03 Å². The average molecular weight is 340 g/mol. The second kappa shape index (κ2) is 7.27. The van der Waals surface area contributed by atoms with E-state index in [0.717, 1.165) is 17.0 Å². The summed E-state index contributed by atoms with van der Waals surface area (Å²) in [5, 5.41) is 2.85. The number of nitrogens with zero attached hydrogens (tertiary/aromatic N) is 3. The Morgan fingerprint density at radius 1 is 1.22 bits per heavy atom. The molecule has 0 radical (unpaired) electrons. The van der Waals surface area contributed by atoms with Crippen molar-refractivity contribution in [3.05, 3.63) is 29.1 Å². The van der Waals surface area contributed by atoms with Crippen LogP contribution in [0.4, 0.5) is 4.79 Å². The summed E-state index contributed by atoms with van der Waals surface area (Å²) in [6.07, 6.45) is 1.84. The lowest BCUT2D eigenvalue weighted by atomic mass is 10.2. The number of urea groups is 1. The Morgan fingerprint density at radius 2 is 1.96 bits per heavy atom. The molecule has 1 fully saturated rings. The fourth-order valence-electron chi connectivity index (χ4n) is 2.49. The molecule has 23 heavy (non-hydrogen) atoms. The van der Waals surface area contributed by atoms with Crippen LogP contribution in [0, 0.1) is 13.8 Å². The summed E-state index contributed by atoms with van der Waals surface area (Å²) in [6, 6.07) is 3.70. The summed E-state index contributed by atoms with van der Waals surface area (Å²) < 4.78 is 24.6. The van der Waals surface area contributed by atoms with E-state index >= 15 is 0 Å². The van der Waals surface area contributed by atoms with Gasteiger partial charge in [-0.2, -0.15) is 0 Å². The lowest BCUT2D eigenvalue weighted by molar-refractivity contribution is 0.200. The Bertz CT molecular complexity index is 675. The van der Waals surface area contributed by atoms with E-state index in [1.54, 1.807) is 4.90 Å². The van der Waals surface area contributed by atoms with Crippen LogP contribution < -0.4 is 5.32 Å². The van der Waals surface area contributed by atoms with Crippen LogP contribution in [0.2, 0.25) is 0 Å². The Labute approximate surface area is 137 Å². The second-order valence-corrected chi connectivity index (χ2v) is 7.85. The number of amides is 2. The van der Waals surface area contributed by atoms with Gasteiger partial charge < -0.3 is 10.2 Å². The summed E-state index contributed by atoms with van der Waals surface area (Å²) >= 11 is 0. The number of hydrogen-bond donors (Lipinski definition) is 1. The molecule has 1 aromatic rings. The van der Waals surface area contributed by atoms with Crippen LogP contribution in [0.15, 0.2) is 12.1 Å². The molecule has 0 bridgehead atoms. The monoisotopic (exact) mass is 340 g/mol. The molecular weight excluding hydrogens is 316 g/mol. The Kier molecular flexibility index (Phi) is 5.59. The molecule has 128 valence electrons. The van der Waals surface area contributed by atoms with Crippen LogP contribution >= 0.6 is 0 Å². The van der Waals surface area contributed by atoms with E-state index in [9.17, 15) is 13.2 Å². The van der Waals surface area contributed by atoms with Gasteiger partial charge in [0.05, 0.1) is 18.5 Å². The molecule has 2 heterocycles. The van der Waals surface area contributed by atoms with Crippen molar-refractivity contribution in [3.8, 4) is 0 Å². The molecule has 2 amide bonds. The maximum atomic E-state index is 12.3. The van der Waals surface area contributed by atoms with Crippen molar-refractivity contribution in [2.75, 3.05) is 32.4 Å². The Hall–Kier alpha value is -1.67. The van der Waals surface area contributed by atoms with Gasteiger partial charge in [0.15, 0.2) is 0 Å². The van der Waals surface area contributed by atoms with Gasteiger partial charge in [-0.25, -0.2) is 17.5 Å². The van der Waals surface area contributed by atoms with Crippen molar-refractivity contribution < 1.29 is 13.2 Å². The molecule has 1 aliphatic rings. The number of carbonyl (C=O) groups excluding carboxylic acids is 1. The van der Waals surface area contributed by atoms with Crippen molar-refractivity contribution in [2.45, 2.75) is 26.8 Å². The van der Waals surface area contributed by atoms with E-state index in [4.69, 9.17) is 0 Å². The van der Waals surface area contributed by atoms with Gasteiger partial charge in [-0.1, -0.05) is 6.07 Å². The topological polar surface area (TPSA) is 82.6 Å². The predicted octanol–water partition coefficient (Wildman–Crippen LogP) is 0.875. The van der Waals surface area contributed by atoms with Crippen molar-refractivity contribution in [2.24, 2.45) is 0 Å². The molecule has 0 unspecified atom stereocenters. The molecular formula is C15H24N4O3S. The normalized spacial score (nSPS) is 16.9. The lowest BCUT2D eigenvalue weighted by Gasteiger charge is -2.21. The van der Waals surface area contributed by atoms with Gasteiger partial charge in [-0.15, -0.1) is 0 Å². The maximum Gasteiger partial charge on any atom is 0.317 e. The largest absolute Gasteiger partial charge is 0.332 e. The zero-order valence-corrected chi connectivity index (χ0v) is 14.7. The molecule has 0 atom stereocenters. The molecule has 7 nitrogen and oxygen atoms in total. The highest BCUT2D eigenvalue weighted by Gasteiger charge is 2.23. The highest BCUT2D eigenvalue weighted by molar-refractivity contribution is 7.88. The number of pyridine rings is 1. The van der Waals surface area contributed by atoms with Crippen LogP contribution in [0.1, 0.15) is 23.4 Å². The summed E-state index contributed by atoms with van der Waals surface area (Å²) in [5.74, 6) is 0. The van der Waals surface area contributed by atoms with Crippen LogP contribution in [0.5, 0.6) is 0 Å². The average Bonchev–Trinajstić information content (AvgIpc) is 2.74. The number of carbonyl (C=O) groups is 1. The number of sulfonamides is 1. The van der Waals surface area contributed by atoms with Crippen LogP contribution in [-0.4, -0.2) is 61.1 Å². The molecule has 0 spiro atoms. The van der Waals surface area contributed by atoms with Crippen LogP contribution in [0.3, 0.4) is 0 Å². The molecule has 0 saturated carbocycles.